The van der Waals surface area contributed by atoms with Gasteiger partial charge in [0.05, 0.1) is 6.10 Å². The lowest BCUT2D eigenvalue weighted by Crippen LogP contribution is -2.50. The number of piperazine rings is 1. The van der Waals surface area contributed by atoms with Gasteiger partial charge in [-0.1, -0.05) is 23.8 Å². The molecule has 120 valence electrons. The molecule has 1 aliphatic rings. The first-order valence-electron chi connectivity index (χ1n) is 7.97. The van der Waals surface area contributed by atoms with Crippen LogP contribution in [0.25, 0.3) is 0 Å². The summed E-state index contributed by atoms with van der Waals surface area (Å²) in [6.07, 6.45) is 3.12. The van der Waals surface area contributed by atoms with Gasteiger partial charge in [0, 0.05) is 38.3 Å². The molecular weight excluding hydrogens is 276 g/mol. The molecule has 4 heteroatoms. The zero-order chi connectivity index (χ0) is 15.9. The van der Waals surface area contributed by atoms with Crippen LogP contribution in [0.15, 0.2) is 36.9 Å². The Balaban J connectivity index is 1.80. The van der Waals surface area contributed by atoms with E-state index < -0.39 is 0 Å². The lowest BCUT2D eigenvalue weighted by Gasteiger charge is -2.35. The fraction of sp³-hybridized carbons (Fsp3) is 0.500. The van der Waals surface area contributed by atoms with Crippen molar-refractivity contribution in [3.8, 4) is 0 Å². The van der Waals surface area contributed by atoms with E-state index in [0.717, 1.165) is 50.1 Å². The third-order valence-electron chi connectivity index (χ3n) is 4.13. The molecule has 1 aliphatic heterocycles. The van der Waals surface area contributed by atoms with E-state index in [1.54, 1.807) is 0 Å². The molecule has 2 rings (SSSR count). The van der Waals surface area contributed by atoms with Crippen molar-refractivity contribution >= 4 is 5.91 Å². The van der Waals surface area contributed by atoms with Gasteiger partial charge in [-0.3, -0.25) is 9.69 Å². The number of carbonyl (C=O) groups excluding carboxylic acids is 1. The number of benzene rings is 1. The highest BCUT2D eigenvalue weighted by Gasteiger charge is 2.23. The molecule has 1 amide bonds. The van der Waals surface area contributed by atoms with E-state index in [-0.39, 0.29) is 12.0 Å². The molecule has 0 aromatic heterocycles. The summed E-state index contributed by atoms with van der Waals surface area (Å²) in [7, 11) is 0. The average Bonchev–Trinajstić information content (AvgIpc) is 2.54. The van der Waals surface area contributed by atoms with Crippen LogP contribution in [0, 0.1) is 6.92 Å². The van der Waals surface area contributed by atoms with E-state index in [9.17, 15) is 9.90 Å². The number of carbonyl (C=O) groups is 1. The first kappa shape index (κ1) is 16.7. The smallest absolute Gasteiger partial charge is 0.253 e. The second kappa shape index (κ2) is 8.11. The molecule has 4 nitrogen and oxygen atoms in total. The summed E-state index contributed by atoms with van der Waals surface area (Å²) in [5.74, 6) is 0.104. The number of aliphatic hydroxyl groups excluding tert-OH is 1. The maximum absolute atomic E-state index is 12.4. The van der Waals surface area contributed by atoms with Crippen molar-refractivity contribution in [2.24, 2.45) is 0 Å². The number of hydrogen-bond donors (Lipinski definition) is 1. The number of hydrogen-bond acceptors (Lipinski definition) is 3. The van der Waals surface area contributed by atoms with E-state index in [1.807, 2.05) is 42.2 Å². The third kappa shape index (κ3) is 4.68. The number of rotatable bonds is 6. The summed E-state index contributed by atoms with van der Waals surface area (Å²) >= 11 is 0. The molecule has 1 heterocycles. The van der Waals surface area contributed by atoms with Gasteiger partial charge in [0.15, 0.2) is 0 Å². The Morgan fingerprint density at radius 2 is 1.91 bits per heavy atom. The fourth-order valence-electron chi connectivity index (χ4n) is 2.71. The minimum atomic E-state index is -0.308. The van der Waals surface area contributed by atoms with Gasteiger partial charge in [0.2, 0.25) is 0 Å². The maximum Gasteiger partial charge on any atom is 0.253 e. The van der Waals surface area contributed by atoms with Crippen molar-refractivity contribution in [2.45, 2.75) is 25.9 Å². The van der Waals surface area contributed by atoms with Crippen LogP contribution in [0.1, 0.15) is 28.8 Å². The third-order valence-corrected chi connectivity index (χ3v) is 4.13. The Morgan fingerprint density at radius 3 is 2.50 bits per heavy atom. The van der Waals surface area contributed by atoms with E-state index in [4.69, 9.17) is 0 Å². The van der Waals surface area contributed by atoms with Crippen molar-refractivity contribution in [1.82, 2.24) is 9.80 Å². The lowest BCUT2D eigenvalue weighted by atomic mass is 10.1. The van der Waals surface area contributed by atoms with Gasteiger partial charge < -0.3 is 10.0 Å². The van der Waals surface area contributed by atoms with Gasteiger partial charge in [-0.05, 0) is 31.9 Å². The number of amides is 1. The van der Waals surface area contributed by atoms with E-state index in [0.29, 0.717) is 6.54 Å². The monoisotopic (exact) mass is 302 g/mol. The van der Waals surface area contributed by atoms with Crippen molar-refractivity contribution in [3.63, 3.8) is 0 Å². The van der Waals surface area contributed by atoms with Crippen LogP contribution < -0.4 is 0 Å². The first-order chi connectivity index (χ1) is 10.6. The molecule has 22 heavy (non-hydrogen) atoms. The number of allylic oxidation sites excluding steroid dienone is 1. The highest BCUT2D eigenvalue weighted by atomic mass is 16.3. The normalized spacial score (nSPS) is 17.3. The molecular formula is C18H26N2O2. The van der Waals surface area contributed by atoms with Crippen molar-refractivity contribution < 1.29 is 9.90 Å². The quantitative estimate of drug-likeness (QED) is 0.818. The zero-order valence-electron chi connectivity index (χ0n) is 13.4. The van der Waals surface area contributed by atoms with Gasteiger partial charge in [-0.25, -0.2) is 0 Å². The second-order valence-electron chi connectivity index (χ2n) is 5.98. The predicted molar refractivity (Wildman–Crippen MR) is 89.0 cm³/mol. The molecule has 1 N–H and O–H groups in total. The Bertz CT molecular complexity index is 490. The van der Waals surface area contributed by atoms with Gasteiger partial charge in [0.1, 0.15) is 0 Å². The number of aliphatic hydroxyl groups is 1. The lowest BCUT2D eigenvalue weighted by molar-refractivity contribution is 0.0517. The molecule has 1 aromatic rings. The maximum atomic E-state index is 12.4. The van der Waals surface area contributed by atoms with Crippen LogP contribution in [0.2, 0.25) is 0 Å². The summed E-state index contributed by atoms with van der Waals surface area (Å²) in [5, 5.41) is 9.94. The Morgan fingerprint density at radius 1 is 1.27 bits per heavy atom. The number of β-amino-alcohol motifs (C(OH)–C–C–N with tert-alkyl or cyclic N) is 1. The standard InChI is InChI=1S/C18H26N2O2/c1-3-4-5-17(21)14-19-10-12-20(13-11-19)18(22)16-8-6-15(2)7-9-16/h3,6-9,17,21H,1,4-5,10-14H2,2H3. The van der Waals surface area contributed by atoms with Crippen LogP contribution in [0.3, 0.4) is 0 Å². The summed E-state index contributed by atoms with van der Waals surface area (Å²) in [6.45, 7) is 9.46. The van der Waals surface area contributed by atoms with Crippen molar-refractivity contribution in [2.75, 3.05) is 32.7 Å². The highest BCUT2D eigenvalue weighted by Crippen LogP contribution is 2.11. The van der Waals surface area contributed by atoms with Gasteiger partial charge in [-0.2, -0.15) is 0 Å². The second-order valence-corrected chi connectivity index (χ2v) is 5.98. The molecule has 1 unspecified atom stereocenters. The average molecular weight is 302 g/mol. The van der Waals surface area contributed by atoms with E-state index in [2.05, 4.69) is 11.5 Å². The van der Waals surface area contributed by atoms with Crippen molar-refractivity contribution in [1.29, 1.82) is 0 Å². The van der Waals surface area contributed by atoms with Crippen LogP contribution in [-0.4, -0.2) is 59.6 Å². The molecule has 0 spiro atoms. The molecule has 1 fully saturated rings. The predicted octanol–water partition coefficient (Wildman–Crippen LogP) is 2.08. The SMILES string of the molecule is C=CCCC(O)CN1CCN(C(=O)c2ccc(C)cc2)CC1. The van der Waals surface area contributed by atoms with Gasteiger partial charge >= 0.3 is 0 Å². The van der Waals surface area contributed by atoms with Gasteiger partial charge in [-0.15, -0.1) is 6.58 Å². The fourth-order valence-corrected chi connectivity index (χ4v) is 2.71. The van der Waals surface area contributed by atoms with E-state index >= 15 is 0 Å². The molecule has 0 bridgehead atoms. The molecule has 0 saturated carbocycles. The number of nitrogens with zero attached hydrogens (tertiary/aromatic N) is 2. The molecule has 0 aliphatic carbocycles. The number of aryl methyl sites for hydroxylation is 1. The van der Waals surface area contributed by atoms with Gasteiger partial charge in [0.25, 0.3) is 5.91 Å². The summed E-state index contributed by atoms with van der Waals surface area (Å²) < 4.78 is 0. The Kier molecular flexibility index (Phi) is 6.16. The van der Waals surface area contributed by atoms with Crippen molar-refractivity contribution in [3.05, 3.63) is 48.0 Å². The summed E-state index contributed by atoms with van der Waals surface area (Å²) in [5.41, 5.74) is 1.92. The summed E-state index contributed by atoms with van der Waals surface area (Å²) in [4.78, 5) is 16.6. The molecule has 0 radical (unpaired) electrons. The minimum absolute atomic E-state index is 0.104. The summed E-state index contributed by atoms with van der Waals surface area (Å²) in [6, 6.07) is 7.73. The zero-order valence-corrected chi connectivity index (χ0v) is 13.4. The first-order valence-corrected chi connectivity index (χ1v) is 7.97. The minimum Gasteiger partial charge on any atom is -0.392 e. The Hall–Kier alpha value is -1.65. The van der Waals surface area contributed by atoms with Crippen LogP contribution in [-0.2, 0) is 0 Å². The largest absolute Gasteiger partial charge is 0.392 e. The van der Waals surface area contributed by atoms with E-state index in [1.165, 1.54) is 0 Å². The molecule has 1 atom stereocenters. The molecule has 1 aromatic carbocycles. The molecule has 1 saturated heterocycles. The topological polar surface area (TPSA) is 43.8 Å². The van der Waals surface area contributed by atoms with Crippen LogP contribution in [0.5, 0.6) is 0 Å². The van der Waals surface area contributed by atoms with Crippen LogP contribution in [0.4, 0.5) is 0 Å². The Labute approximate surface area is 133 Å². The van der Waals surface area contributed by atoms with Crippen LogP contribution >= 0.6 is 0 Å². The highest BCUT2D eigenvalue weighted by molar-refractivity contribution is 5.94.